The van der Waals surface area contributed by atoms with Crippen molar-refractivity contribution in [2.24, 2.45) is 5.73 Å². The topological polar surface area (TPSA) is 53.1 Å². The Bertz CT molecular complexity index is 611. The summed E-state index contributed by atoms with van der Waals surface area (Å²) in [5.41, 5.74) is 7.39. The summed E-state index contributed by atoms with van der Waals surface area (Å²) in [6, 6.07) is 5.77. The molecule has 0 amide bonds. The number of nitrogens with zero attached hydrogens (tertiary/aromatic N) is 2. The molecule has 0 atom stereocenters. The Morgan fingerprint density at radius 1 is 1.33 bits per heavy atom. The molecule has 2 aromatic rings. The second-order valence-electron chi connectivity index (χ2n) is 5.08. The van der Waals surface area contributed by atoms with Crippen LogP contribution in [0.1, 0.15) is 31.1 Å². The number of benzene rings is 1. The molecule has 4 nitrogen and oxygen atoms in total. The van der Waals surface area contributed by atoms with Crippen LogP contribution in [0.5, 0.6) is 5.75 Å². The molecule has 0 fully saturated rings. The van der Waals surface area contributed by atoms with Gasteiger partial charge in [0, 0.05) is 17.3 Å². The van der Waals surface area contributed by atoms with Gasteiger partial charge in [-0.3, -0.25) is 4.68 Å². The van der Waals surface area contributed by atoms with Crippen LogP contribution in [-0.4, -0.2) is 16.3 Å². The van der Waals surface area contributed by atoms with E-state index in [0.29, 0.717) is 41.4 Å². The van der Waals surface area contributed by atoms with Crippen LogP contribution in [0.4, 0.5) is 0 Å². The van der Waals surface area contributed by atoms with Crippen molar-refractivity contribution in [3.05, 3.63) is 45.7 Å². The average Bonchev–Trinajstić information content (AvgIpc) is 2.87. The summed E-state index contributed by atoms with van der Waals surface area (Å²) < 4.78 is 7.72. The van der Waals surface area contributed by atoms with Crippen molar-refractivity contribution in [3.8, 4) is 5.75 Å². The molecule has 21 heavy (non-hydrogen) atoms. The summed E-state index contributed by atoms with van der Waals surface area (Å²) in [5.74, 6) is 0.630. The third-order valence-electron chi connectivity index (χ3n) is 3.06. The van der Waals surface area contributed by atoms with Crippen LogP contribution in [0.2, 0.25) is 10.0 Å². The normalized spacial score (nSPS) is 11.1. The van der Waals surface area contributed by atoms with E-state index in [0.717, 1.165) is 11.3 Å². The molecule has 0 saturated carbocycles. The monoisotopic (exact) mass is 327 g/mol. The van der Waals surface area contributed by atoms with Crippen molar-refractivity contribution >= 4 is 23.2 Å². The molecular weight excluding hydrogens is 309 g/mol. The Kier molecular flexibility index (Phi) is 5.51. The summed E-state index contributed by atoms with van der Waals surface area (Å²) >= 11 is 12.2. The lowest BCUT2D eigenvalue weighted by Gasteiger charge is -2.13. The Hall–Kier alpha value is -1.23. The highest BCUT2D eigenvalue weighted by atomic mass is 35.5. The lowest BCUT2D eigenvalue weighted by atomic mass is 10.1. The number of rotatable bonds is 6. The average molecular weight is 328 g/mol. The van der Waals surface area contributed by atoms with Gasteiger partial charge in [-0.2, -0.15) is 5.10 Å². The van der Waals surface area contributed by atoms with Gasteiger partial charge in [-0.1, -0.05) is 23.2 Å². The van der Waals surface area contributed by atoms with Gasteiger partial charge in [-0.15, -0.1) is 0 Å². The van der Waals surface area contributed by atoms with E-state index in [4.69, 9.17) is 33.7 Å². The Labute approximate surface area is 134 Å². The molecule has 0 saturated heterocycles. The lowest BCUT2D eigenvalue weighted by molar-refractivity contribution is 0.296. The minimum absolute atomic E-state index is 0.325. The maximum absolute atomic E-state index is 6.22. The predicted octanol–water partition coefficient (Wildman–Crippen LogP) is 3.85. The Balaban J connectivity index is 2.14. The summed E-state index contributed by atoms with van der Waals surface area (Å²) in [5, 5.41) is 5.52. The van der Waals surface area contributed by atoms with Gasteiger partial charge in [-0.05, 0) is 50.6 Å². The molecule has 0 bridgehead atoms. The molecule has 0 aliphatic rings. The van der Waals surface area contributed by atoms with E-state index in [1.807, 2.05) is 23.0 Å². The molecule has 114 valence electrons. The van der Waals surface area contributed by atoms with E-state index in [2.05, 4.69) is 18.9 Å². The van der Waals surface area contributed by atoms with Gasteiger partial charge in [0.15, 0.2) is 0 Å². The standard InChI is InChI=1S/C15H19Cl2N3O/c1-10(2)20-6-4-13(19-20)9-21-15-11(3-5-18)7-12(16)8-14(15)17/h4,6-8,10H,3,5,9,18H2,1-2H3. The Morgan fingerprint density at radius 3 is 2.71 bits per heavy atom. The third-order valence-corrected chi connectivity index (χ3v) is 3.55. The Morgan fingerprint density at radius 2 is 2.10 bits per heavy atom. The molecule has 6 heteroatoms. The van der Waals surface area contributed by atoms with Crippen LogP contribution in [0.3, 0.4) is 0 Å². The quantitative estimate of drug-likeness (QED) is 0.876. The molecule has 1 aromatic heterocycles. The zero-order chi connectivity index (χ0) is 15.4. The maximum atomic E-state index is 6.22. The zero-order valence-electron chi connectivity index (χ0n) is 12.1. The first-order chi connectivity index (χ1) is 10.0. The van der Waals surface area contributed by atoms with Crippen LogP contribution >= 0.6 is 23.2 Å². The first kappa shape index (κ1) is 16.1. The lowest BCUT2D eigenvalue weighted by Crippen LogP contribution is -2.07. The van der Waals surface area contributed by atoms with E-state index >= 15 is 0 Å². The molecule has 0 aliphatic heterocycles. The highest BCUT2D eigenvalue weighted by Crippen LogP contribution is 2.33. The highest BCUT2D eigenvalue weighted by Gasteiger charge is 2.11. The van der Waals surface area contributed by atoms with Crippen LogP contribution in [0.25, 0.3) is 0 Å². The fourth-order valence-electron chi connectivity index (χ4n) is 2.00. The molecule has 0 radical (unpaired) electrons. The SMILES string of the molecule is CC(C)n1ccc(COc2c(Cl)cc(Cl)cc2CCN)n1. The number of nitrogens with two attached hydrogens (primary N) is 1. The predicted molar refractivity (Wildman–Crippen MR) is 86.2 cm³/mol. The van der Waals surface area contributed by atoms with Crippen LogP contribution in [0, 0.1) is 0 Å². The van der Waals surface area contributed by atoms with Crippen LogP contribution < -0.4 is 10.5 Å². The number of ether oxygens (including phenoxy) is 1. The minimum atomic E-state index is 0.325. The van der Waals surface area contributed by atoms with Gasteiger partial charge in [0.2, 0.25) is 0 Å². The summed E-state index contributed by atoms with van der Waals surface area (Å²) in [6.07, 6.45) is 2.60. The molecule has 0 aliphatic carbocycles. The van der Waals surface area contributed by atoms with Crippen molar-refractivity contribution in [3.63, 3.8) is 0 Å². The van der Waals surface area contributed by atoms with Gasteiger partial charge in [0.05, 0.1) is 10.7 Å². The van der Waals surface area contributed by atoms with Crippen molar-refractivity contribution in [2.75, 3.05) is 6.54 Å². The van der Waals surface area contributed by atoms with Crippen LogP contribution in [-0.2, 0) is 13.0 Å². The summed E-state index contributed by atoms with van der Waals surface area (Å²) in [4.78, 5) is 0. The van der Waals surface area contributed by atoms with Crippen molar-refractivity contribution in [2.45, 2.75) is 32.9 Å². The zero-order valence-corrected chi connectivity index (χ0v) is 13.7. The molecule has 1 aromatic carbocycles. The smallest absolute Gasteiger partial charge is 0.141 e. The second kappa shape index (κ2) is 7.16. The van der Waals surface area contributed by atoms with E-state index in [9.17, 15) is 0 Å². The van der Waals surface area contributed by atoms with Gasteiger partial charge in [-0.25, -0.2) is 0 Å². The highest BCUT2D eigenvalue weighted by molar-refractivity contribution is 6.35. The van der Waals surface area contributed by atoms with Crippen molar-refractivity contribution in [1.29, 1.82) is 0 Å². The van der Waals surface area contributed by atoms with E-state index in [1.54, 1.807) is 6.07 Å². The molecule has 0 unspecified atom stereocenters. The largest absolute Gasteiger partial charge is 0.485 e. The fraction of sp³-hybridized carbons (Fsp3) is 0.400. The van der Waals surface area contributed by atoms with E-state index in [1.165, 1.54) is 0 Å². The van der Waals surface area contributed by atoms with Crippen molar-refractivity contribution in [1.82, 2.24) is 9.78 Å². The third kappa shape index (κ3) is 4.13. The van der Waals surface area contributed by atoms with Gasteiger partial charge in [0.25, 0.3) is 0 Å². The molecule has 2 rings (SSSR count). The summed E-state index contributed by atoms with van der Waals surface area (Å²) in [6.45, 7) is 5.02. The molecule has 1 heterocycles. The maximum Gasteiger partial charge on any atom is 0.141 e. The second-order valence-corrected chi connectivity index (χ2v) is 5.93. The van der Waals surface area contributed by atoms with Crippen molar-refractivity contribution < 1.29 is 4.74 Å². The van der Waals surface area contributed by atoms with Gasteiger partial charge >= 0.3 is 0 Å². The molecule has 2 N–H and O–H groups in total. The molecular formula is C15H19Cl2N3O. The fourth-order valence-corrected chi connectivity index (χ4v) is 2.59. The summed E-state index contributed by atoms with van der Waals surface area (Å²) in [7, 11) is 0. The van der Waals surface area contributed by atoms with E-state index in [-0.39, 0.29) is 0 Å². The first-order valence-corrected chi connectivity index (χ1v) is 7.61. The first-order valence-electron chi connectivity index (χ1n) is 6.86. The number of hydrogen-bond acceptors (Lipinski definition) is 3. The number of aromatic nitrogens is 2. The number of halogens is 2. The minimum Gasteiger partial charge on any atom is -0.485 e. The van der Waals surface area contributed by atoms with Gasteiger partial charge in [0.1, 0.15) is 12.4 Å². The van der Waals surface area contributed by atoms with E-state index < -0.39 is 0 Å². The molecule has 0 spiro atoms. The number of hydrogen-bond donors (Lipinski definition) is 1. The van der Waals surface area contributed by atoms with Crippen LogP contribution in [0.15, 0.2) is 24.4 Å². The van der Waals surface area contributed by atoms with Gasteiger partial charge < -0.3 is 10.5 Å².